The number of pyridine rings is 1. The fourth-order valence-electron chi connectivity index (χ4n) is 3.79. The van der Waals surface area contributed by atoms with Crippen LogP contribution in [-0.4, -0.2) is 11.6 Å². The van der Waals surface area contributed by atoms with E-state index in [9.17, 15) is 0 Å². The lowest BCUT2D eigenvalue weighted by atomic mass is 9.65. The fourth-order valence-corrected chi connectivity index (χ4v) is 3.79. The monoisotopic (exact) mass is 243 g/mol. The Balaban J connectivity index is 1.97. The first kappa shape index (κ1) is 11.9. The molecule has 2 heteroatoms. The van der Waals surface area contributed by atoms with Crippen molar-refractivity contribution in [3.63, 3.8) is 0 Å². The summed E-state index contributed by atoms with van der Waals surface area (Å²) in [5, 5.41) is 0. The van der Waals surface area contributed by atoms with Gasteiger partial charge in [-0.15, -0.1) is 0 Å². The minimum absolute atomic E-state index is 0.189. The van der Waals surface area contributed by atoms with E-state index >= 15 is 0 Å². The second kappa shape index (κ2) is 4.51. The maximum atomic E-state index is 6.16. The Morgan fingerprint density at radius 3 is 2.89 bits per heavy atom. The van der Waals surface area contributed by atoms with Gasteiger partial charge in [-0.05, 0) is 36.3 Å². The molecule has 0 amide bonds. The summed E-state index contributed by atoms with van der Waals surface area (Å²) in [6.07, 6.45) is 6.41. The van der Waals surface area contributed by atoms with Gasteiger partial charge in [0, 0.05) is 18.3 Å². The number of fused-ring (bicyclic) bond motifs is 2. The van der Waals surface area contributed by atoms with Crippen LogP contribution in [0.4, 0.5) is 0 Å². The molecular weight excluding hydrogens is 222 g/mol. The third-order valence-corrected chi connectivity index (χ3v) is 4.78. The molecule has 0 N–H and O–H groups in total. The molecule has 2 heterocycles. The molecule has 0 radical (unpaired) electrons. The summed E-state index contributed by atoms with van der Waals surface area (Å²) in [7, 11) is 0. The van der Waals surface area contributed by atoms with Gasteiger partial charge in [-0.3, -0.25) is 4.98 Å². The van der Waals surface area contributed by atoms with Crippen LogP contribution < -0.4 is 0 Å². The van der Waals surface area contributed by atoms with Crippen LogP contribution in [0.3, 0.4) is 0 Å². The van der Waals surface area contributed by atoms with Crippen molar-refractivity contribution in [2.45, 2.75) is 26.9 Å². The molecule has 1 aliphatic carbocycles. The number of allylic oxidation sites excluding steroid dienone is 1. The van der Waals surface area contributed by atoms with Crippen molar-refractivity contribution in [2.75, 3.05) is 6.61 Å². The van der Waals surface area contributed by atoms with Crippen LogP contribution in [0.25, 0.3) is 0 Å². The van der Waals surface area contributed by atoms with Gasteiger partial charge in [-0.25, -0.2) is 0 Å². The number of rotatable bonds is 1. The molecule has 1 saturated heterocycles. The molecule has 18 heavy (non-hydrogen) atoms. The first-order valence-electron chi connectivity index (χ1n) is 6.88. The van der Waals surface area contributed by atoms with Gasteiger partial charge in [0.05, 0.1) is 12.7 Å². The average molecular weight is 243 g/mol. The van der Waals surface area contributed by atoms with Crippen molar-refractivity contribution in [3.05, 3.63) is 41.7 Å². The lowest BCUT2D eigenvalue weighted by Crippen LogP contribution is -2.42. The van der Waals surface area contributed by atoms with Gasteiger partial charge in [-0.2, -0.15) is 0 Å². The predicted molar refractivity (Wildman–Crippen MR) is 72.0 cm³/mol. The highest BCUT2D eigenvalue weighted by atomic mass is 16.5. The van der Waals surface area contributed by atoms with E-state index in [0.717, 1.165) is 6.61 Å². The summed E-state index contributed by atoms with van der Waals surface area (Å²) in [6, 6.07) is 4.13. The van der Waals surface area contributed by atoms with Crippen LogP contribution in [0, 0.1) is 23.7 Å². The van der Waals surface area contributed by atoms with Crippen LogP contribution in [0.2, 0.25) is 0 Å². The van der Waals surface area contributed by atoms with Crippen LogP contribution in [0.5, 0.6) is 0 Å². The Kier molecular flexibility index (Phi) is 2.98. The Labute approximate surface area is 109 Å². The van der Waals surface area contributed by atoms with Gasteiger partial charge in [-0.1, -0.05) is 31.6 Å². The number of hydrogen-bond acceptors (Lipinski definition) is 2. The van der Waals surface area contributed by atoms with Crippen molar-refractivity contribution >= 4 is 0 Å². The fraction of sp³-hybridized carbons (Fsp3) is 0.562. The first-order valence-corrected chi connectivity index (χ1v) is 6.88. The zero-order valence-corrected chi connectivity index (χ0v) is 11.3. The van der Waals surface area contributed by atoms with E-state index in [1.165, 1.54) is 11.1 Å². The number of aromatic nitrogens is 1. The summed E-state index contributed by atoms with van der Waals surface area (Å²) >= 11 is 0. The topological polar surface area (TPSA) is 22.1 Å². The Morgan fingerprint density at radius 2 is 2.17 bits per heavy atom. The van der Waals surface area contributed by atoms with E-state index < -0.39 is 0 Å². The van der Waals surface area contributed by atoms with Crippen molar-refractivity contribution in [2.24, 2.45) is 23.7 Å². The summed E-state index contributed by atoms with van der Waals surface area (Å²) in [5.41, 5.74) is 2.70. The van der Waals surface area contributed by atoms with Crippen molar-refractivity contribution in [1.82, 2.24) is 4.98 Å². The van der Waals surface area contributed by atoms with E-state index in [4.69, 9.17) is 4.74 Å². The van der Waals surface area contributed by atoms with Crippen molar-refractivity contribution in [1.29, 1.82) is 0 Å². The molecule has 0 saturated carbocycles. The van der Waals surface area contributed by atoms with E-state index in [1.54, 1.807) is 0 Å². The summed E-state index contributed by atoms with van der Waals surface area (Å²) < 4.78 is 6.16. The lowest BCUT2D eigenvalue weighted by Gasteiger charge is -2.47. The van der Waals surface area contributed by atoms with Crippen molar-refractivity contribution in [3.8, 4) is 0 Å². The van der Waals surface area contributed by atoms with Gasteiger partial charge in [0.2, 0.25) is 0 Å². The van der Waals surface area contributed by atoms with Crippen molar-refractivity contribution < 1.29 is 4.74 Å². The Morgan fingerprint density at radius 1 is 1.33 bits per heavy atom. The summed E-state index contributed by atoms with van der Waals surface area (Å²) in [6.45, 7) is 7.83. The standard InChI is InChI=1S/C16H21NO/c1-10-7-11(2)15-12(3)14(10)9-18-16(15)13-5-4-6-17-8-13/h4-8,10,12,14-16H,9H2,1-3H3/t10-,12-,14-,15+,16-/m1/s1. The minimum atomic E-state index is 0.189. The smallest absolute Gasteiger partial charge is 0.0907 e. The van der Waals surface area contributed by atoms with E-state index in [2.05, 4.69) is 37.9 Å². The van der Waals surface area contributed by atoms with Crippen LogP contribution in [0.1, 0.15) is 32.4 Å². The van der Waals surface area contributed by atoms with Gasteiger partial charge >= 0.3 is 0 Å². The maximum absolute atomic E-state index is 6.16. The average Bonchev–Trinajstić information content (AvgIpc) is 2.37. The third kappa shape index (κ3) is 1.79. The second-order valence-corrected chi connectivity index (χ2v) is 5.86. The molecule has 96 valence electrons. The zero-order valence-electron chi connectivity index (χ0n) is 11.3. The molecule has 0 unspecified atom stereocenters. The molecule has 2 nitrogen and oxygen atoms in total. The molecule has 0 spiro atoms. The molecule has 1 aromatic rings. The number of ether oxygens (including phenoxy) is 1. The van der Waals surface area contributed by atoms with Crippen LogP contribution in [-0.2, 0) is 4.74 Å². The second-order valence-electron chi connectivity index (χ2n) is 5.86. The molecule has 0 aromatic carbocycles. The Hall–Kier alpha value is -1.15. The highest BCUT2D eigenvalue weighted by molar-refractivity contribution is 5.23. The number of hydrogen-bond donors (Lipinski definition) is 0. The minimum Gasteiger partial charge on any atom is -0.373 e. The van der Waals surface area contributed by atoms with E-state index in [0.29, 0.717) is 23.7 Å². The van der Waals surface area contributed by atoms with Gasteiger partial charge in [0.15, 0.2) is 0 Å². The molecule has 3 rings (SSSR count). The summed E-state index contributed by atoms with van der Waals surface area (Å²) in [4.78, 5) is 4.23. The number of nitrogens with zero attached hydrogens (tertiary/aromatic N) is 1. The highest BCUT2D eigenvalue weighted by Crippen LogP contribution is 2.49. The summed E-state index contributed by atoms with van der Waals surface area (Å²) in [5.74, 6) is 2.53. The predicted octanol–water partition coefficient (Wildman–Crippen LogP) is 3.62. The SMILES string of the molecule is CC1=C[C@@H](C)[C@H]2CO[C@H](c3cccnc3)[C@@H]1[C@@H]2C. The molecule has 1 aliphatic heterocycles. The maximum Gasteiger partial charge on any atom is 0.0907 e. The zero-order chi connectivity index (χ0) is 12.7. The molecule has 2 aliphatic rings. The molecule has 1 fully saturated rings. The lowest BCUT2D eigenvalue weighted by molar-refractivity contribution is -0.0935. The Bertz CT molecular complexity index is 453. The van der Waals surface area contributed by atoms with Gasteiger partial charge < -0.3 is 4.74 Å². The molecule has 5 atom stereocenters. The van der Waals surface area contributed by atoms with Gasteiger partial charge in [0.25, 0.3) is 0 Å². The van der Waals surface area contributed by atoms with Crippen LogP contribution in [0.15, 0.2) is 36.2 Å². The van der Waals surface area contributed by atoms with Gasteiger partial charge in [0.1, 0.15) is 0 Å². The normalized spacial score (nSPS) is 39.3. The largest absolute Gasteiger partial charge is 0.373 e. The molecule has 2 bridgehead atoms. The third-order valence-electron chi connectivity index (χ3n) is 4.78. The quantitative estimate of drug-likeness (QED) is 0.703. The highest BCUT2D eigenvalue weighted by Gasteiger charge is 2.43. The van der Waals surface area contributed by atoms with E-state index in [-0.39, 0.29) is 6.10 Å². The van der Waals surface area contributed by atoms with E-state index in [1.807, 2.05) is 18.5 Å². The first-order chi connectivity index (χ1) is 8.68. The molecule has 1 aromatic heterocycles. The van der Waals surface area contributed by atoms with Crippen LogP contribution >= 0.6 is 0 Å². The molecular formula is C16H21NO.